The fourth-order valence-corrected chi connectivity index (χ4v) is 1.72. The number of hydrogen-bond acceptors (Lipinski definition) is 0. The molecule has 0 nitrogen and oxygen atoms in total. The Morgan fingerprint density at radius 3 is 0.737 bits per heavy atom. The standard InChI is InChI=1S/C7F12/c8-4(9,10)1-2(5(11,12)13)3(1,6(14,15)16)7(17,18)19. The summed E-state index contributed by atoms with van der Waals surface area (Å²) in [4.78, 5) is 0. The van der Waals surface area contributed by atoms with E-state index < -0.39 is 41.3 Å². The molecule has 0 aromatic rings. The molecule has 0 aromatic carbocycles. The van der Waals surface area contributed by atoms with Crippen LogP contribution in [0.5, 0.6) is 0 Å². The maximum absolute atomic E-state index is 12.2. The Bertz CT molecular complexity index is 369. The summed E-state index contributed by atoms with van der Waals surface area (Å²) in [6.45, 7) is 0. The van der Waals surface area contributed by atoms with Crippen LogP contribution in [0.1, 0.15) is 0 Å². The Morgan fingerprint density at radius 2 is 0.684 bits per heavy atom. The zero-order valence-electron chi connectivity index (χ0n) is 8.04. The Labute approximate surface area is 95.2 Å². The minimum atomic E-state index is -6.79. The summed E-state index contributed by atoms with van der Waals surface area (Å²) in [6, 6.07) is 0. The SMILES string of the molecule is FC(F)(F)C1=C(C(F)(F)F)C1(C(F)(F)F)C(F)(F)F. The highest BCUT2D eigenvalue weighted by molar-refractivity contribution is 5.58. The van der Waals surface area contributed by atoms with Crippen molar-refractivity contribution in [3.05, 3.63) is 11.1 Å². The Morgan fingerprint density at radius 1 is 0.474 bits per heavy atom. The molecule has 112 valence electrons. The molecule has 1 aliphatic rings. The van der Waals surface area contributed by atoms with Gasteiger partial charge in [0.15, 0.2) is 0 Å². The zero-order chi connectivity index (χ0) is 15.7. The molecule has 19 heavy (non-hydrogen) atoms. The lowest BCUT2D eigenvalue weighted by Gasteiger charge is -2.27. The van der Waals surface area contributed by atoms with Crippen molar-refractivity contribution < 1.29 is 52.7 Å². The summed E-state index contributed by atoms with van der Waals surface area (Å²) in [5.74, 6) is 0. The molecular formula is C7F12. The van der Waals surface area contributed by atoms with Gasteiger partial charge in [0, 0.05) is 0 Å². The second-order valence-corrected chi connectivity index (χ2v) is 3.49. The van der Waals surface area contributed by atoms with Crippen LogP contribution in [0.25, 0.3) is 0 Å². The Kier molecular flexibility index (Phi) is 2.95. The molecule has 0 saturated heterocycles. The summed E-state index contributed by atoms with van der Waals surface area (Å²) < 4.78 is 145. The van der Waals surface area contributed by atoms with Gasteiger partial charge in [-0.25, -0.2) is 0 Å². The van der Waals surface area contributed by atoms with Crippen LogP contribution in [0.4, 0.5) is 52.7 Å². The van der Waals surface area contributed by atoms with Crippen molar-refractivity contribution >= 4 is 0 Å². The van der Waals surface area contributed by atoms with E-state index in [9.17, 15) is 52.7 Å². The van der Waals surface area contributed by atoms with Crippen molar-refractivity contribution in [3.63, 3.8) is 0 Å². The van der Waals surface area contributed by atoms with E-state index in [2.05, 4.69) is 0 Å². The smallest absolute Gasteiger partial charge is 0.169 e. The van der Waals surface area contributed by atoms with Gasteiger partial charge in [0.2, 0.25) is 5.41 Å². The van der Waals surface area contributed by atoms with E-state index in [1.807, 2.05) is 0 Å². The molecule has 0 aliphatic heterocycles. The predicted octanol–water partition coefficient (Wildman–Crippen LogP) is 4.53. The number of rotatable bonds is 0. The van der Waals surface area contributed by atoms with Gasteiger partial charge in [-0.15, -0.1) is 0 Å². The number of hydrogen-bond donors (Lipinski definition) is 0. The first-order valence-corrected chi connectivity index (χ1v) is 4.02. The van der Waals surface area contributed by atoms with Crippen LogP contribution in [0.3, 0.4) is 0 Å². The first kappa shape index (κ1) is 16.0. The normalized spacial score (nSPS) is 20.8. The summed E-state index contributed by atoms with van der Waals surface area (Å²) in [5, 5.41) is 0. The van der Waals surface area contributed by atoms with Crippen molar-refractivity contribution in [3.8, 4) is 0 Å². The molecule has 0 aromatic heterocycles. The summed E-state index contributed by atoms with van der Waals surface area (Å²) >= 11 is 0. The van der Waals surface area contributed by atoms with Gasteiger partial charge in [0.25, 0.3) is 0 Å². The topological polar surface area (TPSA) is 0 Å². The third-order valence-corrected chi connectivity index (χ3v) is 2.35. The van der Waals surface area contributed by atoms with Crippen molar-refractivity contribution in [2.75, 3.05) is 0 Å². The zero-order valence-corrected chi connectivity index (χ0v) is 8.04. The molecule has 1 aliphatic carbocycles. The number of allylic oxidation sites excluding steroid dienone is 2. The average Bonchev–Trinajstić information content (AvgIpc) is 2.66. The van der Waals surface area contributed by atoms with Crippen LogP contribution < -0.4 is 0 Å². The summed E-state index contributed by atoms with van der Waals surface area (Å²) in [5.41, 5.74) is -13.3. The third kappa shape index (κ3) is 2.04. The molecule has 0 bridgehead atoms. The largest absolute Gasteiger partial charge is 0.414 e. The number of alkyl halides is 12. The minimum Gasteiger partial charge on any atom is -0.169 e. The maximum Gasteiger partial charge on any atom is 0.414 e. The van der Waals surface area contributed by atoms with Gasteiger partial charge in [-0.05, 0) is 0 Å². The highest BCUT2D eigenvalue weighted by Gasteiger charge is 2.91. The molecule has 1 rings (SSSR count). The quantitative estimate of drug-likeness (QED) is 0.455. The number of halogens is 12. The van der Waals surface area contributed by atoms with Crippen LogP contribution in [0.2, 0.25) is 0 Å². The molecule has 0 unspecified atom stereocenters. The Hall–Kier alpha value is -1.10. The molecule has 0 heterocycles. The molecule has 12 heteroatoms. The minimum absolute atomic E-state index is 3.66. The third-order valence-electron chi connectivity index (χ3n) is 2.35. The van der Waals surface area contributed by atoms with Gasteiger partial charge in [-0.3, -0.25) is 0 Å². The van der Waals surface area contributed by atoms with Gasteiger partial charge in [-0.2, -0.15) is 52.7 Å². The molecular weight excluding hydrogens is 312 g/mol. The van der Waals surface area contributed by atoms with E-state index in [0.29, 0.717) is 0 Å². The lowest BCUT2D eigenvalue weighted by atomic mass is 9.95. The van der Waals surface area contributed by atoms with Crippen LogP contribution in [0, 0.1) is 5.41 Å². The highest BCUT2D eigenvalue weighted by Crippen LogP contribution is 2.76. The van der Waals surface area contributed by atoms with Crippen LogP contribution in [-0.2, 0) is 0 Å². The summed E-state index contributed by atoms with van der Waals surface area (Å²) in [7, 11) is 0. The van der Waals surface area contributed by atoms with Crippen LogP contribution in [0.15, 0.2) is 11.1 Å². The highest BCUT2D eigenvalue weighted by atomic mass is 19.4. The first-order valence-electron chi connectivity index (χ1n) is 4.02. The van der Waals surface area contributed by atoms with Crippen LogP contribution >= 0.6 is 0 Å². The van der Waals surface area contributed by atoms with Gasteiger partial charge >= 0.3 is 24.7 Å². The van der Waals surface area contributed by atoms with Crippen molar-refractivity contribution in [2.24, 2.45) is 5.41 Å². The van der Waals surface area contributed by atoms with Crippen molar-refractivity contribution in [1.29, 1.82) is 0 Å². The lowest BCUT2D eigenvalue weighted by molar-refractivity contribution is -0.308. The van der Waals surface area contributed by atoms with E-state index in [1.165, 1.54) is 0 Å². The van der Waals surface area contributed by atoms with Gasteiger partial charge in [0.1, 0.15) is 0 Å². The lowest BCUT2D eigenvalue weighted by Crippen LogP contribution is -2.46. The molecule has 0 fully saturated rings. The molecule has 0 N–H and O–H groups in total. The van der Waals surface area contributed by atoms with Crippen molar-refractivity contribution in [1.82, 2.24) is 0 Å². The van der Waals surface area contributed by atoms with Crippen LogP contribution in [-0.4, -0.2) is 24.7 Å². The van der Waals surface area contributed by atoms with E-state index in [4.69, 9.17) is 0 Å². The molecule has 0 radical (unpaired) electrons. The average molecular weight is 312 g/mol. The molecule has 0 saturated carbocycles. The second kappa shape index (κ2) is 3.51. The first-order chi connectivity index (χ1) is 7.99. The van der Waals surface area contributed by atoms with E-state index >= 15 is 0 Å². The Balaban J connectivity index is 3.58. The molecule has 0 spiro atoms. The van der Waals surface area contributed by atoms with Gasteiger partial charge in [-0.1, -0.05) is 0 Å². The van der Waals surface area contributed by atoms with Gasteiger partial charge < -0.3 is 0 Å². The van der Waals surface area contributed by atoms with Gasteiger partial charge in [0.05, 0.1) is 11.1 Å². The predicted molar refractivity (Wildman–Crippen MR) is 33.7 cm³/mol. The fourth-order valence-electron chi connectivity index (χ4n) is 1.72. The van der Waals surface area contributed by atoms with E-state index in [-0.39, 0.29) is 0 Å². The van der Waals surface area contributed by atoms with Crippen molar-refractivity contribution in [2.45, 2.75) is 24.7 Å². The fraction of sp³-hybridized carbons (Fsp3) is 0.714. The maximum atomic E-state index is 12.2. The second-order valence-electron chi connectivity index (χ2n) is 3.49. The van der Waals surface area contributed by atoms with E-state index in [0.717, 1.165) is 0 Å². The molecule has 0 amide bonds. The summed E-state index contributed by atoms with van der Waals surface area (Å²) in [6.07, 6.45) is -26.4. The monoisotopic (exact) mass is 312 g/mol. The molecule has 0 atom stereocenters. The van der Waals surface area contributed by atoms with E-state index in [1.54, 1.807) is 0 Å².